The maximum Gasteiger partial charge on any atom is 0.252 e. The molecule has 0 bridgehead atoms. The molecule has 3 heterocycles. The van der Waals surface area contributed by atoms with E-state index in [0.717, 1.165) is 39.9 Å². The van der Waals surface area contributed by atoms with E-state index in [-0.39, 0.29) is 18.0 Å². The predicted octanol–water partition coefficient (Wildman–Crippen LogP) is 4.26. The molecule has 0 aliphatic carbocycles. The first kappa shape index (κ1) is 26.6. The summed E-state index contributed by atoms with van der Waals surface area (Å²) in [7, 11) is 5.91. The van der Waals surface area contributed by atoms with Crippen LogP contribution in [0.1, 0.15) is 40.5 Å². The first-order chi connectivity index (χ1) is 18.8. The highest BCUT2D eigenvalue weighted by atomic mass is 16.5. The Morgan fingerprint density at radius 1 is 1.08 bits per heavy atom. The van der Waals surface area contributed by atoms with E-state index in [0.29, 0.717) is 31.1 Å². The van der Waals surface area contributed by atoms with Crippen LogP contribution in [-0.2, 0) is 11.8 Å². The Kier molecular flexibility index (Phi) is 7.81. The molecule has 0 saturated carbocycles. The van der Waals surface area contributed by atoms with Gasteiger partial charge in [0.1, 0.15) is 12.4 Å². The van der Waals surface area contributed by atoms with E-state index in [1.807, 2.05) is 76.5 Å². The number of benzene rings is 2. The van der Waals surface area contributed by atoms with Crippen molar-refractivity contribution in [2.24, 2.45) is 7.05 Å². The molecule has 9 heteroatoms. The Morgan fingerprint density at radius 3 is 2.44 bits per heavy atom. The molecule has 1 N–H and O–H groups in total. The van der Waals surface area contributed by atoms with Crippen molar-refractivity contribution < 1.29 is 14.3 Å². The third-order valence-electron chi connectivity index (χ3n) is 7.03. The van der Waals surface area contributed by atoms with E-state index < -0.39 is 0 Å². The van der Waals surface area contributed by atoms with Gasteiger partial charge in [0.15, 0.2) is 0 Å². The quantitative estimate of drug-likeness (QED) is 0.331. The number of carbonyl (C=O) groups is 1. The molecule has 0 radical (unpaired) electrons. The predicted molar refractivity (Wildman–Crippen MR) is 151 cm³/mol. The van der Waals surface area contributed by atoms with Gasteiger partial charge in [0, 0.05) is 42.7 Å². The third-order valence-corrected chi connectivity index (χ3v) is 7.03. The summed E-state index contributed by atoms with van der Waals surface area (Å²) in [6.45, 7) is 6.68. The van der Waals surface area contributed by atoms with Crippen LogP contribution in [-0.4, -0.2) is 70.8 Å². The molecular formula is C30H36N6O3. The first-order valence-electron chi connectivity index (χ1n) is 13.2. The van der Waals surface area contributed by atoms with Gasteiger partial charge in [0.2, 0.25) is 0 Å². The molecule has 1 saturated heterocycles. The second-order valence-corrected chi connectivity index (χ2v) is 10.5. The Labute approximate surface area is 229 Å². The maximum absolute atomic E-state index is 13.4. The number of ether oxygens (including phenoxy) is 2. The smallest absolute Gasteiger partial charge is 0.252 e. The monoisotopic (exact) mass is 528 g/mol. The lowest BCUT2D eigenvalue weighted by atomic mass is 9.96. The fourth-order valence-electron chi connectivity index (χ4n) is 4.51. The van der Waals surface area contributed by atoms with Crippen molar-refractivity contribution in [3.63, 3.8) is 0 Å². The summed E-state index contributed by atoms with van der Waals surface area (Å²) in [5.74, 6) is 0.555. The average Bonchev–Trinajstić information content (AvgIpc) is 3.53. The lowest BCUT2D eigenvalue weighted by Crippen LogP contribution is -2.30. The van der Waals surface area contributed by atoms with Crippen molar-refractivity contribution in [3.8, 4) is 28.0 Å². The molecule has 2 aromatic heterocycles. The highest BCUT2D eigenvalue weighted by molar-refractivity contribution is 5.96. The SMILES string of the molecule is Cc1ccc(OCCN(C)C)cc1C(=O)N[C@H](C)c1cc(-c2cnn(C)c2)cc(-c2cnn(C3COC3)c2)c1. The number of carbonyl (C=O) groups excluding carboxylic acids is 1. The minimum absolute atomic E-state index is 0.135. The van der Waals surface area contributed by atoms with Crippen molar-refractivity contribution in [1.29, 1.82) is 0 Å². The minimum Gasteiger partial charge on any atom is -0.492 e. The van der Waals surface area contributed by atoms with Crippen LogP contribution < -0.4 is 10.1 Å². The lowest BCUT2D eigenvalue weighted by molar-refractivity contribution is -0.0286. The summed E-state index contributed by atoms with van der Waals surface area (Å²) in [5.41, 5.74) is 6.60. The van der Waals surface area contributed by atoms with Gasteiger partial charge in [0.05, 0.1) is 37.7 Å². The van der Waals surface area contributed by atoms with Crippen LogP contribution in [0.4, 0.5) is 0 Å². The molecule has 1 aliphatic heterocycles. The molecule has 0 unspecified atom stereocenters. The van der Waals surface area contributed by atoms with Crippen molar-refractivity contribution in [2.75, 3.05) is 40.5 Å². The van der Waals surface area contributed by atoms with E-state index in [1.165, 1.54) is 0 Å². The lowest BCUT2D eigenvalue weighted by Gasteiger charge is -2.25. The summed E-state index contributed by atoms with van der Waals surface area (Å²) < 4.78 is 15.0. The van der Waals surface area contributed by atoms with Crippen LogP contribution in [0.5, 0.6) is 5.75 Å². The number of likely N-dealkylation sites (N-methyl/N-ethyl adjacent to an activating group) is 1. The standard InChI is InChI=1S/C30H36N6O3/c1-20-6-7-28(39-9-8-34(3)4)13-29(20)30(37)33-21(2)22-10-23(25-14-31-35(5)16-25)12-24(11-22)26-15-32-36(17-26)27-18-38-19-27/h6-7,10-17,21,27H,8-9,18-19H2,1-5H3,(H,33,37)/t21-/m1/s1. The first-order valence-corrected chi connectivity index (χ1v) is 13.2. The summed E-state index contributed by atoms with van der Waals surface area (Å²) in [6.07, 6.45) is 7.80. The molecule has 1 atom stereocenters. The van der Waals surface area contributed by atoms with E-state index in [4.69, 9.17) is 9.47 Å². The normalized spacial score (nSPS) is 14.3. The number of hydrogen-bond donors (Lipinski definition) is 1. The molecule has 39 heavy (non-hydrogen) atoms. The number of aromatic nitrogens is 4. The molecular weight excluding hydrogens is 492 g/mol. The van der Waals surface area contributed by atoms with Gasteiger partial charge < -0.3 is 19.7 Å². The van der Waals surface area contributed by atoms with Crippen molar-refractivity contribution in [2.45, 2.75) is 25.9 Å². The molecule has 4 aromatic rings. The van der Waals surface area contributed by atoms with Crippen molar-refractivity contribution in [3.05, 3.63) is 77.9 Å². The van der Waals surface area contributed by atoms with E-state index >= 15 is 0 Å². The van der Waals surface area contributed by atoms with Crippen LogP contribution in [0.25, 0.3) is 22.3 Å². The molecule has 204 valence electrons. The van der Waals surface area contributed by atoms with Gasteiger partial charge in [-0.15, -0.1) is 0 Å². The maximum atomic E-state index is 13.4. The molecule has 9 nitrogen and oxygen atoms in total. The number of hydrogen-bond acceptors (Lipinski definition) is 6. The largest absolute Gasteiger partial charge is 0.492 e. The van der Waals surface area contributed by atoms with Crippen molar-refractivity contribution >= 4 is 5.91 Å². The molecule has 5 rings (SSSR count). The Hall–Kier alpha value is -3.95. The van der Waals surface area contributed by atoms with Crippen LogP contribution in [0.3, 0.4) is 0 Å². The van der Waals surface area contributed by atoms with E-state index in [9.17, 15) is 4.79 Å². The van der Waals surface area contributed by atoms with Crippen molar-refractivity contribution in [1.82, 2.24) is 29.8 Å². The topological polar surface area (TPSA) is 86.4 Å². The van der Waals surface area contributed by atoms with E-state index in [2.05, 4.69) is 44.8 Å². The summed E-state index contributed by atoms with van der Waals surface area (Å²) in [4.78, 5) is 15.5. The van der Waals surface area contributed by atoms with Gasteiger partial charge in [0.25, 0.3) is 5.91 Å². The average molecular weight is 529 g/mol. The summed E-state index contributed by atoms with van der Waals surface area (Å²) >= 11 is 0. The number of nitrogens with zero attached hydrogens (tertiary/aromatic N) is 5. The van der Waals surface area contributed by atoms with Gasteiger partial charge in [-0.25, -0.2) is 0 Å². The van der Waals surface area contributed by atoms with Gasteiger partial charge in [-0.05, 0) is 80.5 Å². The minimum atomic E-state index is -0.235. The van der Waals surface area contributed by atoms with E-state index in [1.54, 1.807) is 4.68 Å². The van der Waals surface area contributed by atoms with Crippen LogP contribution in [0.15, 0.2) is 61.2 Å². The van der Waals surface area contributed by atoms with Crippen LogP contribution in [0.2, 0.25) is 0 Å². The second-order valence-electron chi connectivity index (χ2n) is 10.5. The highest BCUT2D eigenvalue weighted by Crippen LogP contribution is 2.31. The fraction of sp³-hybridized carbons (Fsp3) is 0.367. The zero-order valence-electron chi connectivity index (χ0n) is 23.2. The molecule has 1 fully saturated rings. The second kappa shape index (κ2) is 11.4. The zero-order valence-corrected chi connectivity index (χ0v) is 23.2. The number of aryl methyl sites for hydroxylation is 2. The van der Waals surface area contributed by atoms with Gasteiger partial charge >= 0.3 is 0 Å². The van der Waals surface area contributed by atoms with Gasteiger partial charge in [-0.2, -0.15) is 10.2 Å². The Morgan fingerprint density at radius 2 is 1.79 bits per heavy atom. The van der Waals surface area contributed by atoms with Crippen LogP contribution >= 0.6 is 0 Å². The molecule has 1 amide bonds. The third kappa shape index (κ3) is 6.21. The number of rotatable bonds is 10. The molecule has 0 spiro atoms. The molecule has 2 aromatic carbocycles. The van der Waals surface area contributed by atoms with Gasteiger partial charge in [-0.3, -0.25) is 14.2 Å². The summed E-state index contributed by atoms with van der Waals surface area (Å²) in [6, 6.07) is 12.1. The number of amides is 1. The number of nitrogens with one attached hydrogen (secondary N) is 1. The van der Waals surface area contributed by atoms with Crippen LogP contribution in [0, 0.1) is 6.92 Å². The summed E-state index contributed by atoms with van der Waals surface area (Å²) in [5, 5.41) is 12.1. The zero-order chi connectivity index (χ0) is 27.5. The van der Waals surface area contributed by atoms with Gasteiger partial charge in [-0.1, -0.05) is 6.07 Å². The Bertz CT molecular complexity index is 1450. The highest BCUT2D eigenvalue weighted by Gasteiger charge is 2.22. The Balaban J connectivity index is 1.40. The molecule has 1 aliphatic rings. The fourth-order valence-corrected chi connectivity index (χ4v) is 4.51.